The lowest BCUT2D eigenvalue weighted by atomic mass is 10.1. The van der Waals surface area contributed by atoms with Gasteiger partial charge < -0.3 is 9.67 Å². The quantitative estimate of drug-likeness (QED) is 0.798. The first-order valence-electron chi connectivity index (χ1n) is 6.76. The third kappa shape index (κ3) is 2.96. The van der Waals surface area contributed by atoms with Crippen LogP contribution in [0.3, 0.4) is 0 Å². The molecule has 0 aliphatic rings. The predicted molar refractivity (Wildman–Crippen MR) is 85.7 cm³/mol. The highest BCUT2D eigenvalue weighted by Gasteiger charge is 2.15. The molecule has 0 radical (unpaired) electrons. The molecule has 0 aliphatic carbocycles. The van der Waals surface area contributed by atoms with Gasteiger partial charge >= 0.3 is 5.97 Å². The number of carboxylic acids is 1. The topological polar surface area (TPSA) is 59.3 Å². The summed E-state index contributed by atoms with van der Waals surface area (Å²) >= 11 is 5.85. The molecule has 0 spiro atoms. The first-order valence-corrected chi connectivity index (χ1v) is 7.14. The van der Waals surface area contributed by atoms with Gasteiger partial charge in [0.25, 0.3) is 0 Å². The maximum atomic E-state index is 13.4. The molecular formula is C17H11ClFNO3. The Hall–Kier alpha value is -2.66. The summed E-state index contributed by atoms with van der Waals surface area (Å²) in [4.78, 5) is 23.5. The summed E-state index contributed by atoms with van der Waals surface area (Å²) in [7, 11) is 0. The Bertz CT molecular complexity index is 964. The van der Waals surface area contributed by atoms with Gasteiger partial charge in [-0.1, -0.05) is 23.7 Å². The zero-order valence-electron chi connectivity index (χ0n) is 11.8. The van der Waals surface area contributed by atoms with E-state index in [1.807, 2.05) is 0 Å². The number of aromatic carboxylic acids is 1. The Morgan fingerprint density at radius 1 is 1.17 bits per heavy atom. The van der Waals surface area contributed by atoms with Crippen molar-refractivity contribution in [3.63, 3.8) is 0 Å². The fourth-order valence-electron chi connectivity index (χ4n) is 2.44. The first-order chi connectivity index (χ1) is 11.0. The van der Waals surface area contributed by atoms with E-state index in [9.17, 15) is 19.1 Å². The van der Waals surface area contributed by atoms with E-state index < -0.39 is 22.8 Å². The second-order valence-corrected chi connectivity index (χ2v) is 5.53. The van der Waals surface area contributed by atoms with E-state index in [1.165, 1.54) is 18.3 Å². The second kappa shape index (κ2) is 5.85. The third-order valence-electron chi connectivity index (χ3n) is 3.54. The number of nitrogens with zero attached hydrogens (tertiary/aromatic N) is 1. The Morgan fingerprint density at radius 3 is 2.52 bits per heavy atom. The number of halogens is 2. The van der Waals surface area contributed by atoms with Gasteiger partial charge in [0.05, 0.1) is 5.52 Å². The molecule has 0 fully saturated rings. The van der Waals surface area contributed by atoms with Crippen LogP contribution in [0, 0.1) is 5.82 Å². The molecule has 1 aromatic heterocycles. The number of hydrogen-bond donors (Lipinski definition) is 1. The van der Waals surface area contributed by atoms with Crippen LogP contribution in [-0.4, -0.2) is 15.6 Å². The fourth-order valence-corrected chi connectivity index (χ4v) is 2.57. The second-order valence-electron chi connectivity index (χ2n) is 5.09. The normalized spacial score (nSPS) is 10.9. The molecule has 0 saturated heterocycles. The summed E-state index contributed by atoms with van der Waals surface area (Å²) < 4.78 is 15.1. The van der Waals surface area contributed by atoms with Crippen LogP contribution in [0.2, 0.25) is 5.02 Å². The van der Waals surface area contributed by atoms with Crippen LogP contribution in [0.15, 0.2) is 53.5 Å². The zero-order chi connectivity index (χ0) is 16.6. The fraction of sp³-hybridized carbons (Fsp3) is 0.0588. The van der Waals surface area contributed by atoms with Crippen LogP contribution in [0.4, 0.5) is 4.39 Å². The summed E-state index contributed by atoms with van der Waals surface area (Å²) in [6.45, 7) is 0.333. The Kier molecular flexibility index (Phi) is 3.88. The molecule has 0 bridgehead atoms. The monoisotopic (exact) mass is 331 g/mol. The molecule has 1 N–H and O–H groups in total. The molecule has 0 saturated carbocycles. The lowest BCUT2D eigenvalue weighted by Crippen LogP contribution is -2.19. The SMILES string of the molecule is O=C(O)c1cn(Cc2ccc(Cl)cc2)c2ccc(F)cc2c1=O. The van der Waals surface area contributed by atoms with Gasteiger partial charge in [-0.25, -0.2) is 9.18 Å². The minimum Gasteiger partial charge on any atom is -0.477 e. The molecule has 2 aromatic carbocycles. The van der Waals surface area contributed by atoms with Crippen LogP contribution in [0.1, 0.15) is 15.9 Å². The summed E-state index contributed by atoms with van der Waals surface area (Å²) in [5.41, 5.74) is 0.257. The van der Waals surface area contributed by atoms with Crippen LogP contribution in [-0.2, 0) is 6.54 Å². The van der Waals surface area contributed by atoms with E-state index in [0.29, 0.717) is 17.1 Å². The molecule has 3 rings (SSSR count). The molecule has 6 heteroatoms. The van der Waals surface area contributed by atoms with Crippen molar-refractivity contribution in [1.82, 2.24) is 4.57 Å². The van der Waals surface area contributed by atoms with E-state index in [0.717, 1.165) is 11.6 Å². The molecule has 23 heavy (non-hydrogen) atoms. The number of aromatic nitrogens is 1. The van der Waals surface area contributed by atoms with Gasteiger partial charge in [0.15, 0.2) is 0 Å². The minimum absolute atomic E-state index is 0.0406. The number of pyridine rings is 1. The average molecular weight is 332 g/mol. The Labute approximate surface area is 135 Å². The summed E-state index contributed by atoms with van der Waals surface area (Å²) in [6, 6.07) is 10.8. The average Bonchev–Trinajstić information content (AvgIpc) is 2.52. The van der Waals surface area contributed by atoms with Gasteiger partial charge in [0.1, 0.15) is 11.4 Å². The van der Waals surface area contributed by atoms with Crippen molar-refractivity contribution in [2.75, 3.05) is 0 Å². The highest BCUT2D eigenvalue weighted by molar-refractivity contribution is 6.30. The smallest absolute Gasteiger partial charge is 0.341 e. The molecule has 3 aromatic rings. The van der Waals surface area contributed by atoms with Crippen molar-refractivity contribution in [1.29, 1.82) is 0 Å². The Balaban J connectivity index is 2.22. The van der Waals surface area contributed by atoms with Gasteiger partial charge in [-0.3, -0.25) is 4.79 Å². The van der Waals surface area contributed by atoms with Crippen molar-refractivity contribution in [3.8, 4) is 0 Å². The number of carboxylic acid groups (broad SMARTS) is 1. The predicted octanol–water partition coefficient (Wildman–Crippen LogP) is 3.54. The van der Waals surface area contributed by atoms with Crippen molar-refractivity contribution < 1.29 is 14.3 Å². The standard InChI is InChI=1S/C17H11ClFNO3/c18-11-3-1-10(2-4-11)8-20-9-14(17(22)23)16(21)13-7-12(19)5-6-15(13)20/h1-7,9H,8H2,(H,22,23). The van der Waals surface area contributed by atoms with Gasteiger partial charge in [0.2, 0.25) is 5.43 Å². The number of fused-ring (bicyclic) bond motifs is 1. The molecular weight excluding hydrogens is 321 g/mol. The maximum absolute atomic E-state index is 13.4. The van der Waals surface area contributed by atoms with Crippen molar-refractivity contribution in [3.05, 3.63) is 80.9 Å². The molecule has 116 valence electrons. The van der Waals surface area contributed by atoms with Gasteiger partial charge in [-0.15, -0.1) is 0 Å². The molecule has 0 unspecified atom stereocenters. The lowest BCUT2D eigenvalue weighted by Gasteiger charge is -2.12. The van der Waals surface area contributed by atoms with Crippen LogP contribution in [0.5, 0.6) is 0 Å². The summed E-state index contributed by atoms with van der Waals surface area (Å²) in [5, 5.41) is 9.83. The van der Waals surface area contributed by atoms with Gasteiger partial charge in [0, 0.05) is 23.2 Å². The van der Waals surface area contributed by atoms with E-state index in [-0.39, 0.29) is 5.39 Å². The van der Waals surface area contributed by atoms with E-state index in [4.69, 9.17) is 11.6 Å². The number of benzene rings is 2. The van der Waals surface area contributed by atoms with E-state index >= 15 is 0 Å². The molecule has 0 aliphatic heterocycles. The molecule has 4 nitrogen and oxygen atoms in total. The van der Waals surface area contributed by atoms with Crippen LogP contribution in [0.25, 0.3) is 10.9 Å². The largest absolute Gasteiger partial charge is 0.477 e. The lowest BCUT2D eigenvalue weighted by molar-refractivity contribution is 0.0695. The van der Waals surface area contributed by atoms with E-state index in [1.54, 1.807) is 28.8 Å². The zero-order valence-corrected chi connectivity index (χ0v) is 12.5. The van der Waals surface area contributed by atoms with Crippen LogP contribution >= 0.6 is 11.6 Å². The number of carbonyl (C=O) groups is 1. The highest BCUT2D eigenvalue weighted by atomic mass is 35.5. The minimum atomic E-state index is -1.34. The summed E-state index contributed by atoms with van der Waals surface area (Å²) in [6.07, 6.45) is 1.28. The maximum Gasteiger partial charge on any atom is 0.341 e. The van der Waals surface area contributed by atoms with Crippen molar-refractivity contribution in [2.45, 2.75) is 6.54 Å². The Morgan fingerprint density at radius 2 is 1.87 bits per heavy atom. The molecule has 0 amide bonds. The van der Waals surface area contributed by atoms with Crippen molar-refractivity contribution >= 4 is 28.5 Å². The molecule has 1 heterocycles. The van der Waals surface area contributed by atoms with Crippen LogP contribution < -0.4 is 5.43 Å². The third-order valence-corrected chi connectivity index (χ3v) is 3.79. The van der Waals surface area contributed by atoms with E-state index in [2.05, 4.69) is 0 Å². The van der Waals surface area contributed by atoms with Crippen molar-refractivity contribution in [2.24, 2.45) is 0 Å². The first kappa shape index (κ1) is 15.2. The van der Waals surface area contributed by atoms with Gasteiger partial charge in [-0.2, -0.15) is 0 Å². The number of rotatable bonds is 3. The summed E-state index contributed by atoms with van der Waals surface area (Å²) in [5.74, 6) is -1.93. The van der Waals surface area contributed by atoms with Gasteiger partial charge in [-0.05, 0) is 35.9 Å². The molecule has 0 atom stereocenters. The number of hydrogen-bond acceptors (Lipinski definition) is 2. The highest BCUT2D eigenvalue weighted by Crippen LogP contribution is 2.17.